The Labute approximate surface area is 246 Å². The second-order valence-electron chi connectivity index (χ2n) is 11.6. The summed E-state index contributed by atoms with van der Waals surface area (Å²) in [5.41, 5.74) is 6.22. The van der Waals surface area contributed by atoms with E-state index in [0.717, 1.165) is 67.9 Å². The normalized spacial score (nSPS) is 14.8. The third kappa shape index (κ3) is 8.16. The number of ether oxygens (including phenoxy) is 3. The van der Waals surface area contributed by atoms with Gasteiger partial charge < -0.3 is 19.5 Å². The van der Waals surface area contributed by atoms with Gasteiger partial charge in [-0.05, 0) is 118 Å². The number of hydrogen-bond acceptors (Lipinski definition) is 5. The van der Waals surface area contributed by atoms with Crippen molar-refractivity contribution in [3.63, 3.8) is 0 Å². The van der Waals surface area contributed by atoms with Gasteiger partial charge in [-0.3, -0.25) is 4.90 Å². The van der Waals surface area contributed by atoms with Gasteiger partial charge in [0.1, 0.15) is 18.1 Å². The lowest BCUT2D eigenvalue weighted by Gasteiger charge is -2.30. The Morgan fingerprint density at radius 2 is 1.63 bits per heavy atom. The largest absolute Gasteiger partial charge is 0.497 e. The predicted octanol–water partition coefficient (Wildman–Crippen LogP) is 7.66. The molecule has 4 rings (SSSR count). The molecule has 1 aliphatic rings. The van der Waals surface area contributed by atoms with Crippen LogP contribution in [0, 0.1) is 5.82 Å². The van der Waals surface area contributed by atoms with Gasteiger partial charge in [-0.15, -0.1) is 0 Å². The molecule has 0 radical (unpaired) electrons. The number of methoxy groups -OCH3 is 2. The van der Waals surface area contributed by atoms with Crippen LogP contribution in [0.2, 0.25) is 0 Å². The van der Waals surface area contributed by atoms with Crippen LogP contribution in [0.5, 0.6) is 17.2 Å². The Morgan fingerprint density at radius 3 is 2.34 bits per heavy atom. The van der Waals surface area contributed by atoms with Crippen LogP contribution in [0.25, 0.3) is 0 Å². The molecule has 5 nitrogen and oxygen atoms in total. The second-order valence-corrected chi connectivity index (χ2v) is 11.6. The molecule has 3 aromatic carbocycles. The zero-order valence-corrected chi connectivity index (χ0v) is 25.6. The number of nitrogens with zero attached hydrogens (tertiary/aromatic N) is 1. The van der Waals surface area contributed by atoms with Crippen LogP contribution in [0.15, 0.2) is 54.6 Å². The Bertz CT molecular complexity index is 1270. The molecule has 3 aromatic rings. The molecule has 1 atom stereocenters. The van der Waals surface area contributed by atoms with Crippen LogP contribution in [-0.2, 0) is 19.3 Å². The number of hydrogen-bond donors (Lipinski definition) is 1. The van der Waals surface area contributed by atoms with E-state index in [1.54, 1.807) is 26.4 Å². The molecule has 1 N–H and O–H groups in total. The molecule has 0 aromatic heterocycles. The highest BCUT2D eigenvalue weighted by Gasteiger charge is 2.23. The van der Waals surface area contributed by atoms with Crippen LogP contribution in [-0.4, -0.2) is 50.9 Å². The second kappa shape index (κ2) is 14.6. The predicted molar refractivity (Wildman–Crippen MR) is 166 cm³/mol. The molecule has 0 heterocycles. The average molecular weight is 563 g/mol. The maximum atomic E-state index is 14.8. The number of halogens is 1. The van der Waals surface area contributed by atoms with Crippen molar-refractivity contribution in [2.24, 2.45) is 0 Å². The van der Waals surface area contributed by atoms with Crippen LogP contribution in [0.1, 0.15) is 68.7 Å². The molecule has 0 bridgehead atoms. The molecule has 0 saturated carbocycles. The maximum Gasteiger partial charge on any atom is 0.165 e. The minimum atomic E-state index is -0.290. The minimum absolute atomic E-state index is 0.290. The van der Waals surface area contributed by atoms with Crippen molar-refractivity contribution in [3.8, 4) is 17.2 Å². The Hall–Kier alpha value is -3.25. The van der Waals surface area contributed by atoms with Crippen molar-refractivity contribution in [3.05, 3.63) is 82.7 Å². The summed E-state index contributed by atoms with van der Waals surface area (Å²) in [7, 11) is 3.42. The van der Waals surface area contributed by atoms with E-state index in [4.69, 9.17) is 14.2 Å². The lowest BCUT2D eigenvalue weighted by atomic mass is 9.79. The number of benzene rings is 3. The van der Waals surface area contributed by atoms with E-state index in [1.165, 1.54) is 16.7 Å². The summed E-state index contributed by atoms with van der Waals surface area (Å²) in [6.07, 6.45) is 4.84. The van der Waals surface area contributed by atoms with Gasteiger partial charge >= 0.3 is 0 Å². The van der Waals surface area contributed by atoms with Crippen LogP contribution >= 0.6 is 0 Å². The summed E-state index contributed by atoms with van der Waals surface area (Å²) < 4.78 is 31.5. The van der Waals surface area contributed by atoms with E-state index >= 15 is 0 Å². The standard InChI is InChI=1S/C35H47FN2O3/c1-24(2)38(25(3)4)18-19-41-35-16-9-26(20-33(35)36)8-7-17-37-34-23-31(40-6)14-15-32(34)29-11-10-28-22-30(39-5)13-12-27(28)21-29/h9,12-16,20,22-25,29,37H,7-8,10-11,17-19,21H2,1-6H3. The molecule has 222 valence electrons. The summed E-state index contributed by atoms with van der Waals surface area (Å²) in [6.45, 7) is 10.7. The molecule has 0 saturated heterocycles. The zero-order valence-electron chi connectivity index (χ0n) is 25.6. The first-order valence-electron chi connectivity index (χ1n) is 15.0. The highest BCUT2D eigenvalue weighted by Crippen LogP contribution is 2.38. The molecule has 0 fully saturated rings. The fourth-order valence-electron chi connectivity index (χ4n) is 6.00. The number of fused-ring (bicyclic) bond motifs is 1. The van der Waals surface area contributed by atoms with Gasteiger partial charge in [0.15, 0.2) is 11.6 Å². The number of rotatable bonds is 14. The summed E-state index contributed by atoms with van der Waals surface area (Å²) in [5, 5.41) is 3.66. The van der Waals surface area contributed by atoms with Crippen molar-refractivity contribution >= 4 is 5.69 Å². The molecular formula is C35H47FN2O3. The van der Waals surface area contributed by atoms with Gasteiger partial charge in [0.05, 0.1) is 14.2 Å². The maximum absolute atomic E-state index is 14.8. The molecule has 0 spiro atoms. The topological polar surface area (TPSA) is 43.0 Å². The van der Waals surface area contributed by atoms with E-state index in [9.17, 15) is 4.39 Å². The van der Waals surface area contributed by atoms with Gasteiger partial charge in [0.25, 0.3) is 0 Å². The van der Waals surface area contributed by atoms with Crippen molar-refractivity contribution in [2.45, 2.75) is 77.8 Å². The van der Waals surface area contributed by atoms with Gasteiger partial charge in [0.2, 0.25) is 0 Å². The van der Waals surface area contributed by atoms with Gasteiger partial charge in [-0.1, -0.05) is 18.2 Å². The van der Waals surface area contributed by atoms with Crippen LogP contribution < -0.4 is 19.5 Å². The fourth-order valence-corrected chi connectivity index (χ4v) is 6.00. The third-order valence-electron chi connectivity index (χ3n) is 8.23. The first kappa shape index (κ1) is 30.7. The lowest BCUT2D eigenvalue weighted by Crippen LogP contribution is -2.39. The Morgan fingerprint density at radius 1 is 0.902 bits per heavy atom. The van der Waals surface area contributed by atoms with Crippen LogP contribution in [0.3, 0.4) is 0 Å². The SMILES string of the molecule is COc1ccc2c(c1)CCC(c1ccc(OC)cc1NCCCc1ccc(OCCN(C(C)C)C(C)C)c(F)c1)C2. The van der Waals surface area contributed by atoms with Crippen molar-refractivity contribution in [1.29, 1.82) is 0 Å². The smallest absolute Gasteiger partial charge is 0.165 e. The van der Waals surface area contributed by atoms with Crippen molar-refractivity contribution in [1.82, 2.24) is 4.90 Å². The summed E-state index contributed by atoms with van der Waals surface area (Å²) in [6, 6.07) is 19.0. The number of nitrogens with one attached hydrogen (secondary N) is 1. The summed E-state index contributed by atoms with van der Waals surface area (Å²) in [5.74, 6) is 2.25. The zero-order chi connectivity index (χ0) is 29.4. The van der Waals surface area contributed by atoms with E-state index in [0.29, 0.717) is 30.4 Å². The van der Waals surface area contributed by atoms with Gasteiger partial charge in [0, 0.05) is 36.9 Å². The number of anilines is 1. The van der Waals surface area contributed by atoms with E-state index in [1.807, 2.05) is 6.07 Å². The Kier molecular flexibility index (Phi) is 10.9. The molecule has 6 heteroatoms. The molecule has 0 amide bonds. The summed E-state index contributed by atoms with van der Waals surface area (Å²) in [4.78, 5) is 2.34. The lowest BCUT2D eigenvalue weighted by molar-refractivity contribution is 0.140. The monoisotopic (exact) mass is 562 g/mol. The van der Waals surface area contributed by atoms with Gasteiger partial charge in [-0.2, -0.15) is 0 Å². The van der Waals surface area contributed by atoms with E-state index in [-0.39, 0.29) is 5.82 Å². The van der Waals surface area contributed by atoms with Crippen molar-refractivity contribution < 1.29 is 18.6 Å². The Balaban J connectivity index is 1.32. The fraction of sp³-hybridized carbons (Fsp3) is 0.486. The molecular weight excluding hydrogens is 515 g/mol. The van der Waals surface area contributed by atoms with Crippen LogP contribution in [0.4, 0.5) is 10.1 Å². The third-order valence-corrected chi connectivity index (χ3v) is 8.23. The summed E-state index contributed by atoms with van der Waals surface area (Å²) >= 11 is 0. The quantitative estimate of drug-likeness (QED) is 0.204. The molecule has 1 unspecified atom stereocenters. The molecule has 1 aliphatic carbocycles. The molecule has 41 heavy (non-hydrogen) atoms. The van der Waals surface area contributed by atoms with E-state index in [2.05, 4.69) is 74.3 Å². The average Bonchev–Trinajstić information content (AvgIpc) is 2.97. The highest BCUT2D eigenvalue weighted by molar-refractivity contribution is 5.57. The van der Waals surface area contributed by atoms with Crippen molar-refractivity contribution in [2.75, 3.05) is 39.2 Å². The molecule has 0 aliphatic heterocycles. The first-order chi connectivity index (χ1) is 19.8. The minimum Gasteiger partial charge on any atom is -0.497 e. The van der Waals surface area contributed by atoms with Gasteiger partial charge in [-0.25, -0.2) is 4.39 Å². The van der Waals surface area contributed by atoms with E-state index < -0.39 is 0 Å². The number of aryl methyl sites for hydroxylation is 2. The highest BCUT2D eigenvalue weighted by atomic mass is 19.1. The first-order valence-corrected chi connectivity index (χ1v) is 15.0.